The highest BCUT2D eigenvalue weighted by molar-refractivity contribution is 5.85. The van der Waals surface area contributed by atoms with Gasteiger partial charge in [0.05, 0.1) is 6.61 Å². The van der Waals surface area contributed by atoms with Gasteiger partial charge in [-0.2, -0.15) is 0 Å². The highest BCUT2D eigenvalue weighted by Crippen LogP contribution is 2.35. The van der Waals surface area contributed by atoms with E-state index in [1.165, 1.54) is 5.56 Å². The second kappa shape index (κ2) is 9.63. The zero-order valence-electron chi connectivity index (χ0n) is 14.1. The lowest BCUT2D eigenvalue weighted by Crippen LogP contribution is -2.24. The standard InChI is InChI=1S/C17H26N2O3.ClH/c1-4-21-15-9-13-8-12(2)22-16(13)10-14(15)11-19-17(20)6-5-7-18-3;/h9-10,12,18H,4-8,11H2,1-3H3,(H,19,20);1H. The summed E-state index contributed by atoms with van der Waals surface area (Å²) in [7, 11) is 1.89. The molecule has 5 nitrogen and oxygen atoms in total. The Labute approximate surface area is 144 Å². The zero-order valence-corrected chi connectivity index (χ0v) is 14.9. The fraction of sp³-hybridized carbons (Fsp3) is 0.588. The van der Waals surface area contributed by atoms with Crippen LogP contribution in [0.1, 0.15) is 37.8 Å². The van der Waals surface area contributed by atoms with Gasteiger partial charge in [0.2, 0.25) is 5.91 Å². The summed E-state index contributed by atoms with van der Waals surface area (Å²) in [6, 6.07) is 4.04. The van der Waals surface area contributed by atoms with Crippen LogP contribution >= 0.6 is 12.4 Å². The molecular weight excluding hydrogens is 316 g/mol. The van der Waals surface area contributed by atoms with Gasteiger partial charge in [0.15, 0.2) is 0 Å². The van der Waals surface area contributed by atoms with Crippen LogP contribution in [0, 0.1) is 0 Å². The number of hydrogen-bond acceptors (Lipinski definition) is 4. The zero-order chi connectivity index (χ0) is 15.9. The van der Waals surface area contributed by atoms with Crippen LogP contribution < -0.4 is 20.1 Å². The molecule has 0 aliphatic carbocycles. The van der Waals surface area contributed by atoms with Crippen molar-refractivity contribution < 1.29 is 14.3 Å². The van der Waals surface area contributed by atoms with Gasteiger partial charge in [0.25, 0.3) is 0 Å². The predicted octanol–water partition coefficient (Wildman–Crippen LogP) is 2.45. The van der Waals surface area contributed by atoms with Gasteiger partial charge in [0.1, 0.15) is 17.6 Å². The average Bonchev–Trinajstić information content (AvgIpc) is 2.84. The molecule has 0 bridgehead atoms. The summed E-state index contributed by atoms with van der Waals surface area (Å²) in [4.78, 5) is 11.8. The largest absolute Gasteiger partial charge is 0.494 e. The molecule has 1 unspecified atom stereocenters. The number of hydrogen-bond donors (Lipinski definition) is 2. The molecule has 0 spiro atoms. The smallest absolute Gasteiger partial charge is 0.220 e. The van der Waals surface area contributed by atoms with E-state index < -0.39 is 0 Å². The fourth-order valence-electron chi connectivity index (χ4n) is 2.62. The fourth-order valence-corrected chi connectivity index (χ4v) is 2.62. The van der Waals surface area contributed by atoms with Crippen LogP contribution in [0.3, 0.4) is 0 Å². The van der Waals surface area contributed by atoms with Gasteiger partial charge < -0.3 is 20.1 Å². The van der Waals surface area contributed by atoms with Gasteiger partial charge in [-0.15, -0.1) is 12.4 Å². The van der Waals surface area contributed by atoms with E-state index in [-0.39, 0.29) is 24.4 Å². The number of amides is 1. The van der Waals surface area contributed by atoms with Crippen molar-refractivity contribution in [2.24, 2.45) is 0 Å². The molecule has 2 rings (SSSR count). The molecule has 23 heavy (non-hydrogen) atoms. The Morgan fingerprint density at radius 1 is 1.43 bits per heavy atom. The Bertz CT molecular complexity index is 523. The molecule has 1 aliphatic rings. The van der Waals surface area contributed by atoms with Crippen molar-refractivity contribution in [3.63, 3.8) is 0 Å². The lowest BCUT2D eigenvalue weighted by molar-refractivity contribution is -0.121. The molecule has 0 aromatic heterocycles. The molecule has 1 heterocycles. The molecule has 0 saturated heterocycles. The van der Waals surface area contributed by atoms with Gasteiger partial charge in [-0.3, -0.25) is 4.79 Å². The third-order valence-electron chi connectivity index (χ3n) is 3.69. The molecule has 1 aromatic carbocycles. The van der Waals surface area contributed by atoms with E-state index in [2.05, 4.69) is 17.6 Å². The highest BCUT2D eigenvalue weighted by Gasteiger charge is 2.21. The maximum Gasteiger partial charge on any atom is 0.220 e. The number of carbonyl (C=O) groups excluding carboxylic acids is 1. The SMILES string of the molecule is CCOc1cc2c(cc1CNC(=O)CCCNC)OC(C)C2.Cl. The molecule has 0 fully saturated rings. The van der Waals surface area contributed by atoms with Crippen molar-refractivity contribution in [3.8, 4) is 11.5 Å². The first kappa shape index (κ1) is 19.6. The molecule has 1 aliphatic heterocycles. The summed E-state index contributed by atoms with van der Waals surface area (Å²) in [5.41, 5.74) is 2.15. The number of benzene rings is 1. The molecule has 1 atom stereocenters. The Hall–Kier alpha value is -1.46. The molecular formula is C17H27ClN2O3. The number of halogens is 1. The number of fused-ring (bicyclic) bond motifs is 1. The summed E-state index contributed by atoms with van der Waals surface area (Å²) >= 11 is 0. The van der Waals surface area contributed by atoms with Gasteiger partial charge >= 0.3 is 0 Å². The van der Waals surface area contributed by atoms with Gasteiger partial charge in [-0.25, -0.2) is 0 Å². The Kier molecular flexibility index (Phi) is 8.20. The Balaban J connectivity index is 0.00000264. The lowest BCUT2D eigenvalue weighted by Gasteiger charge is -2.13. The number of rotatable bonds is 8. The minimum atomic E-state index is 0. The summed E-state index contributed by atoms with van der Waals surface area (Å²) < 4.78 is 11.5. The van der Waals surface area contributed by atoms with Crippen molar-refractivity contribution in [1.29, 1.82) is 0 Å². The van der Waals surface area contributed by atoms with Crippen LogP contribution in [0.2, 0.25) is 0 Å². The summed E-state index contributed by atoms with van der Waals surface area (Å²) in [6.45, 7) is 5.95. The molecule has 0 saturated carbocycles. The van der Waals surface area contributed by atoms with Crippen molar-refractivity contribution in [1.82, 2.24) is 10.6 Å². The van der Waals surface area contributed by atoms with Crippen molar-refractivity contribution in [3.05, 3.63) is 23.3 Å². The van der Waals surface area contributed by atoms with Crippen molar-refractivity contribution >= 4 is 18.3 Å². The quantitative estimate of drug-likeness (QED) is 0.712. The minimum absolute atomic E-state index is 0. The summed E-state index contributed by atoms with van der Waals surface area (Å²) in [6.07, 6.45) is 2.48. The minimum Gasteiger partial charge on any atom is -0.494 e. The molecule has 1 aromatic rings. The van der Waals surface area contributed by atoms with E-state index in [1.807, 2.05) is 26.1 Å². The van der Waals surface area contributed by atoms with Crippen LogP contribution in [0.15, 0.2) is 12.1 Å². The Morgan fingerprint density at radius 2 is 2.22 bits per heavy atom. The summed E-state index contributed by atoms with van der Waals surface area (Å²) in [5.74, 6) is 1.82. The highest BCUT2D eigenvalue weighted by atomic mass is 35.5. The molecule has 130 valence electrons. The van der Waals surface area contributed by atoms with Gasteiger partial charge in [-0.05, 0) is 46.0 Å². The normalized spacial score (nSPS) is 15.3. The van der Waals surface area contributed by atoms with E-state index in [4.69, 9.17) is 9.47 Å². The third kappa shape index (κ3) is 5.59. The van der Waals surface area contributed by atoms with E-state index in [9.17, 15) is 4.79 Å². The predicted molar refractivity (Wildman–Crippen MR) is 93.7 cm³/mol. The first-order chi connectivity index (χ1) is 10.6. The van der Waals surface area contributed by atoms with Crippen LogP contribution in [-0.4, -0.2) is 32.2 Å². The summed E-state index contributed by atoms with van der Waals surface area (Å²) in [5, 5.41) is 6.00. The first-order valence-electron chi connectivity index (χ1n) is 8.00. The molecule has 6 heteroatoms. The lowest BCUT2D eigenvalue weighted by atomic mass is 10.1. The maximum atomic E-state index is 11.8. The van der Waals surface area contributed by atoms with Gasteiger partial charge in [-0.1, -0.05) is 0 Å². The molecule has 0 radical (unpaired) electrons. The number of carbonyl (C=O) groups is 1. The molecule has 1 amide bonds. The number of ether oxygens (including phenoxy) is 2. The average molecular weight is 343 g/mol. The molecule has 2 N–H and O–H groups in total. The van der Waals surface area contributed by atoms with E-state index >= 15 is 0 Å². The van der Waals surface area contributed by atoms with Crippen molar-refractivity contribution in [2.75, 3.05) is 20.2 Å². The van der Waals surface area contributed by atoms with Crippen LogP contribution in [-0.2, 0) is 17.8 Å². The first-order valence-corrected chi connectivity index (χ1v) is 8.00. The number of nitrogens with one attached hydrogen (secondary N) is 2. The van der Waals surface area contributed by atoms with Crippen LogP contribution in [0.5, 0.6) is 11.5 Å². The topological polar surface area (TPSA) is 59.6 Å². The van der Waals surface area contributed by atoms with Gasteiger partial charge in [0, 0.05) is 30.5 Å². The maximum absolute atomic E-state index is 11.8. The van der Waals surface area contributed by atoms with Crippen molar-refractivity contribution in [2.45, 2.75) is 45.8 Å². The van der Waals surface area contributed by atoms with E-state index in [0.717, 1.165) is 36.4 Å². The van der Waals surface area contributed by atoms with E-state index in [0.29, 0.717) is 19.6 Å². The third-order valence-corrected chi connectivity index (χ3v) is 3.69. The second-order valence-electron chi connectivity index (χ2n) is 5.62. The van der Waals surface area contributed by atoms with Crippen LogP contribution in [0.4, 0.5) is 0 Å². The van der Waals surface area contributed by atoms with Crippen LogP contribution in [0.25, 0.3) is 0 Å². The Morgan fingerprint density at radius 3 is 2.91 bits per heavy atom. The van der Waals surface area contributed by atoms with E-state index in [1.54, 1.807) is 0 Å². The monoisotopic (exact) mass is 342 g/mol. The second-order valence-corrected chi connectivity index (χ2v) is 5.62.